The molecule has 0 amide bonds. The number of aliphatic hydroxyl groups excluding tert-OH is 1. The first kappa shape index (κ1) is 12.0. The van der Waals surface area contributed by atoms with E-state index < -0.39 is 11.2 Å². The lowest BCUT2D eigenvalue weighted by molar-refractivity contribution is 0.272. The molecule has 0 saturated heterocycles. The van der Waals surface area contributed by atoms with Crippen molar-refractivity contribution in [3.63, 3.8) is 0 Å². The van der Waals surface area contributed by atoms with Gasteiger partial charge in [-0.15, -0.1) is 0 Å². The second kappa shape index (κ2) is 4.63. The molecule has 7 heteroatoms. The normalized spacial score (nSPS) is 10.6. The van der Waals surface area contributed by atoms with Gasteiger partial charge in [0.15, 0.2) is 0 Å². The Morgan fingerprint density at radius 3 is 2.47 bits per heavy atom. The summed E-state index contributed by atoms with van der Waals surface area (Å²) in [4.78, 5) is 23.3. The summed E-state index contributed by atoms with van der Waals surface area (Å²) in [6, 6.07) is 0. The number of nitrogens with two attached hydrogens (primary N) is 1. The van der Waals surface area contributed by atoms with Gasteiger partial charge in [0.25, 0.3) is 5.56 Å². The molecule has 0 spiro atoms. The van der Waals surface area contributed by atoms with E-state index in [9.17, 15) is 9.59 Å². The van der Waals surface area contributed by atoms with E-state index in [1.54, 1.807) is 6.92 Å². The third-order valence-electron chi connectivity index (χ3n) is 2.05. The predicted molar refractivity (Wildman–Crippen MR) is 59.8 cm³/mol. The lowest BCUT2D eigenvalue weighted by atomic mass is 10.5. The molecular formula is C8H12BrN3O3. The molecule has 0 radical (unpaired) electrons. The minimum absolute atomic E-state index is 0.0451. The van der Waals surface area contributed by atoms with Crippen molar-refractivity contribution in [3.8, 4) is 0 Å². The van der Waals surface area contributed by atoms with Gasteiger partial charge in [0.05, 0.1) is 13.2 Å². The molecule has 0 unspecified atom stereocenters. The maximum atomic E-state index is 11.7. The molecule has 1 heterocycles. The fourth-order valence-corrected chi connectivity index (χ4v) is 1.71. The van der Waals surface area contributed by atoms with Crippen LogP contribution in [0.5, 0.6) is 0 Å². The van der Waals surface area contributed by atoms with Crippen LogP contribution in [0, 0.1) is 0 Å². The van der Waals surface area contributed by atoms with E-state index in [1.807, 2.05) is 0 Å². The first-order chi connectivity index (χ1) is 7.04. The van der Waals surface area contributed by atoms with Crippen LogP contribution < -0.4 is 17.0 Å². The molecule has 1 aromatic rings. The summed E-state index contributed by atoms with van der Waals surface area (Å²) in [5.74, 6) is 0.0451. The van der Waals surface area contributed by atoms with E-state index in [4.69, 9.17) is 10.8 Å². The number of hydrogen-bond donors (Lipinski definition) is 2. The van der Waals surface area contributed by atoms with Gasteiger partial charge in [0.1, 0.15) is 10.3 Å². The Labute approximate surface area is 94.1 Å². The molecule has 6 nitrogen and oxygen atoms in total. The quantitative estimate of drug-likeness (QED) is 0.770. The van der Waals surface area contributed by atoms with Gasteiger partial charge in [-0.1, -0.05) is 0 Å². The Kier molecular flexibility index (Phi) is 3.70. The average Bonchev–Trinajstić information content (AvgIpc) is 2.22. The van der Waals surface area contributed by atoms with E-state index in [0.717, 1.165) is 9.13 Å². The zero-order chi connectivity index (χ0) is 11.6. The third kappa shape index (κ3) is 1.98. The number of aromatic nitrogens is 2. The fraction of sp³-hybridized carbons (Fsp3) is 0.500. The van der Waals surface area contributed by atoms with E-state index >= 15 is 0 Å². The summed E-state index contributed by atoms with van der Waals surface area (Å²) < 4.78 is 2.36. The highest BCUT2D eigenvalue weighted by Crippen LogP contribution is 2.11. The lowest BCUT2D eigenvalue weighted by Gasteiger charge is -2.12. The van der Waals surface area contributed by atoms with Gasteiger partial charge >= 0.3 is 5.69 Å². The van der Waals surface area contributed by atoms with Gasteiger partial charge in [0, 0.05) is 6.54 Å². The maximum absolute atomic E-state index is 11.7. The van der Waals surface area contributed by atoms with Crippen LogP contribution in [0.4, 0.5) is 5.82 Å². The second-order valence-corrected chi connectivity index (χ2v) is 3.70. The fourth-order valence-electron chi connectivity index (χ4n) is 1.28. The van der Waals surface area contributed by atoms with E-state index in [-0.39, 0.29) is 30.0 Å². The Morgan fingerprint density at radius 1 is 1.40 bits per heavy atom. The van der Waals surface area contributed by atoms with E-state index in [2.05, 4.69) is 15.9 Å². The standard InChI is InChI=1S/C8H12BrN3O3/c1-2-11-7(14)5(9)6(10)12(3-4-13)8(11)15/h13H,2-4,10H2,1H3. The molecule has 3 N–H and O–H groups in total. The summed E-state index contributed by atoms with van der Waals surface area (Å²) in [5.41, 5.74) is 4.63. The molecule has 0 fully saturated rings. The molecule has 0 atom stereocenters. The van der Waals surface area contributed by atoms with Crippen molar-refractivity contribution < 1.29 is 5.11 Å². The number of aliphatic hydroxyl groups is 1. The Balaban J connectivity index is 3.61. The maximum Gasteiger partial charge on any atom is 0.332 e. The van der Waals surface area contributed by atoms with Crippen molar-refractivity contribution in [2.24, 2.45) is 0 Å². The smallest absolute Gasteiger partial charge is 0.332 e. The lowest BCUT2D eigenvalue weighted by Crippen LogP contribution is -2.41. The largest absolute Gasteiger partial charge is 0.395 e. The van der Waals surface area contributed by atoms with Gasteiger partial charge < -0.3 is 10.8 Å². The first-order valence-corrected chi connectivity index (χ1v) is 5.23. The van der Waals surface area contributed by atoms with Gasteiger partial charge in [-0.3, -0.25) is 13.9 Å². The molecule has 15 heavy (non-hydrogen) atoms. The minimum atomic E-state index is -0.503. The summed E-state index contributed by atoms with van der Waals surface area (Å²) >= 11 is 3.03. The highest BCUT2D eigenvalue weighted by atomic mass is 79.9. The van der Waals surface area contributed by atoms with Crippen LogP contribution in [0.3, 0.4) is 0 Å². The molecule has 0 aliphatic rings. The van der Waals surface area contributed by atoms with Gasteiger partial charge in [-0.05, 0) is 22.9 Å². The average molecular weight is 278 g/mol. The van der Waals surface area contributed by atoms with Crippen molar-refractivity contribution in [1.29, 1.82) is 0 Å². The van der Waals surface area contributed by atoms with Crippen LogP contribution in [0.2, 0.25) is 0 Å². The number of anilines is 1. The summed E-state index contributed by atoms with van der Waals surface area (Å²) in [5, 5.41) is 8.77. The molecule has 84 valence electrons. The molecule has 0 aromatic carbocycles. The highest BCUT2D eigenvalue weighted by molar-refractivity contribution is 9.10. The summed E-state index contributed by atoms with van der Waals surface area (Å²) in [6.07, 6.45) is 0. The number of halogens is 1. The monoisotopic (exact) mass is 277 g/mol. The number of rotatable bonds is 3. The zero-order valence-electron chi connectivity index (χ0n) is 8.23. The molecular weight excluding hydrogens is 266 g/mol. The Morgan fingerprint density at radius 2 is 2.00 bits per heavy atom. The van der Waals surface area contributed by atoms with E-state index in [0.29, 0.717) is 0 Å². The topological polar surface area (TPSA) is 90.2 Å². The molecule has 1 rings (SSSR count). The van der Waals surface area contributed by atoms with Gasteiger partial charge in [-0.2, -0.15) is 0 Å². The Bertz CT molecular complexity index is 477. The van der Waals surface area contributed by atoms with Crippen LogP contribution in [0.15, 0.2) is 14.1 Å². The van der Waals surface area contributed by atoms with Crippen LogP contribution in [-0.4, -0.2) is 20.8 Å². The SMILES string of the molecule is CCn1c(=O)c(Br)c(N)n(CCO)c1=O. The van der Waals surface area contributed by atoms with Crippen molar-refractivity contribution >= 4 is 21.7 Å². The zero-order valence-corrected chi connectivity index (χ0v) is 9.82. The van der Waals surface area contributed by atoms with Crippen LogP contribution >= 0.6 is 15.9 Å². The number of hydrogen-bond acceptors (Lipinski definition) is 4. The third-order valence-corrected chi connectivity index (χ3v) is 2.80. The van der Waals surface area contributed by atoms with Crippen molar-refractivity contribution in [2.45, 2.75) is 20.0 Å². The predicted octanol–water partition coefficient (Wildman–Crippen LogP) is -0.633. The van der Waals surface area contributed by atoms with E-state index in [1.165, 1.54) is 0 Å². The Hall–Kier alpha value is -1.08. The number of nitrogens with zero attached hydrogens (tertiary/aromatic N) is 2. The first-order valence-electron chi connectivity index (χ1n) is 4.44. The highest BCUT2D eigenvalue weighted by Gasteiger charge is 2.13. The van der Waals surface area contributed by atoms with Crippen molar-refractivity contribution in [3.05, 3.63) is 25.3 Å². The van der Waals surface area contributed by atoms with Crippen molar-refractivity contribution in [2.75, 3.05) is 12.3 Å². The van der Waals surface area contributed by atoms with Crippen LogP contribution in [-0.2, 0) is 13.1 Å². The summed E-state index contributed by atoms with van der Waals surface area (Å²) in [7, 11) is 0. The molecule has 0 bridgehead atoms. The van der Waals surface area contributed by atoms with Gasteiger partial charge in [0.2, 0.25) is 0 Å². The summed E-state index contributed by atoms with van der Waals surface area (Å²) in [6.45, 7) is 1.82. The molecule has 0 aliphatic heterocycles. The molecule has 0 aliphatic carbocycles. The van der Waals surface area contributed by atoms with Crippen molar-refractivity contribution in [1.82, 2.24) is 9.13 Å². The second-order valence-electron chi connectivity index (χ2n) is 2.91. The van der Waals surface area contributed by atoms with Gasteiger partial charge in [-0.25, -0.2) is 4.79 Å². The van der Waals surface area contributed by atoms with Crippen LogP contribution in [0.1, 0.15) is 6.92 Å². The molecule has 0 saturated carbocycles. The minimum Gasteiger partial charge on any atom is -0.395 e. The van der Waals surface area contributed by atoms with Crippen LogP contribution in [0.25, 0.3) is 0 Å². The number of nitrogen functional groups attached to an aromatic ring is 1. The molecule has 1 aromatic heterocycles.